The van der Waals surface area contributed by atoms with Crippen LogP contribution in [-0.4, -0.2) is 19.3 Å². The van der Waals surface area contributed by atoms with Crippen molar-refractivity contribution in [1.29, 1.82) is 0 Å². The molecule has 0 unspecified atom stereocenters. The minimum Gasteiger partial charge on any atom is -0.490 e. The number of ether oxygens (including phenoxy) is 2. The van der Waals surface area contributed by atoms with Crippen molar-refractivity contribution in [2.45, 2.75) is 63.9 Å². The molecule has 0 spiro atoms. The van der Waals surface area contributed by atoms with Gasteiger partial charge in [0.15, 0.2) is 11.6 Å². The molecule has 1 fully saturated rings. The van der Waals surface area contributed by atoms with E-state index in [0.29, 0.717) is 18.1 Å². The lowest BCUT2D eigenvalue weighted by Crippen LogP contribution is -2.21. The van der Waals surface area contributed by atoms with Crippen LogP contribution < -0.4 is 4.74 Å². The zero-order valence-electron chi connectivity index (χ0n) is 21.4. The molecule has 5 heteroatoms. The van der Waals surface area contributed by atoms with Gasteiger partial charge >= 0.3 is 0 Å². The van der Waals surface area contributed by atoms with E-state index in [1.165, 1.54) is 12.1 Å². The molecule has 0 bridgehead atoms. The lowest BCUT2D eigenvalue weighted by molar-refractivity contribution is 0.0230. The maximum absolute atomic E-state index is 15.1. The highest BCUT2D eigenvalue weighted by atomic mass is 19.2. The van der Waals surface area contributed by atoms with E-state index in [1.807, 2.05) is 12.1 Å². The van der Waals surface area contributed by atoms with Crippen LogP contribution in [0.1, 0.15) is 63.4 Å². The van der Waals surface area contributed by atoms with Crippen LogP contribution in [-0.2, 0) is 4.74 Å². The van der Waals surface area contributed by atoms with E-state index in [0.717, 1.165) is 61.8 Å². The smallest absolute Gasteiger partial charge is 0.201 e. The second-order valence-corrected chi connectivity index (χ2v) is 9.68. The Kier molecular flexibility index (Phi) is 9.45. The van der Waals surface area contributed by atoms with Gasteiger partial charge in [0.1, 0.15) is 5.82 Å². The minimum atomic E-state index is -1.01. The van der Waals surface area contributed by atoms with E-state index in [4.69, 9.17) is 9.47 Å². The molecule has 1 aliphatic carbocycles. The fourth-order valence-electron chi connectivity index (χ4n) is 4.93. The molecule has 0 aliphatic heterocycles. The summed E-state index contributed by atoms with van der Waals surface area (Å²) >= 11 is 0. The number of unbranched alkanes of at least 4 members (excludes halogenated alkanes) is 1. The minimum absolute atomic E-state index is 0.118. The third-order valence-electron chi connectivity index (χ3n) is 7.12. The first-order valence-corrected chi connectivity index (χ1v) is 13.2. The van der Waals surface area contributed by atoms with Gasteiger partial charge in [0, 0.05) is 12.2 Å². The van der Waals surface area contributed by atoms with E-state index in [1.54, 1.807) is 36.4 Å². The summed E-state index contributed by atoms with van der Waals surface area (Å²) < 4.78 is 55.5. The summed E-state index contributed by atoms with van der Waals surface area (Å²) in [6.07, 6.45) is 8.50. The number of benzene rings is 3. The van der Waals surface area contributed by atoms with Crippen molar-refractivity contribution in [3.05, 3.63) is 90.3 Å². The molecule has 0 amide bonds. The Morgan fingerprint density at radius 2 is 1.54 bits per heavy atom. The normalized spacial score (nSPS) is 17.5. The predicted octanol–water partition coefficient (Wildman–Crippen LogP) is 9.24. The summed E-state index contributed by atoms with van der Waals surface area (Å²) in [4.78, 5) is 0. The van der Waals surface area contributed by atoms with Crippen LogP contribution in [0.4, 0.5) is 13.2 Å². The predicted molar refractivity (Wildman–Crippen MR) is 143 cm³/mol. The lowest BCUT2D eigenvalue weighted by Gasteiger charge is -2.29. The summed E-state index contributed by atoms with van der Waals surface area (Å²) in [6.45, 7) is 6.79. The van der Waals surface area contributed by atoms with Crippen LogP contribution in [0, 0.1) is 17.5 Å². The molecule has 196 valence electrons. The maximum Gasteiger partial charge on any atom is 0.201 e. The van der Waals surface area contributed by atoms with Gasteiger partial charge in [-0.25, -0.2) is 8.78 Å². The van der Waals surface area contributed by atoms with Gasteiger partial charge in [-0.3, -0.25) is 0 Å². The second kappa shape index (κ2) is 13.0. The summed E-state index contributed by atoms with van der Waals surface area (Å²) in [5, 5.41) is 0. The van der Waals surface area contributed by atoms with Gasteiger partial charge < -0.3 is 9.47 Å². The van der Waals surface area contributed by atoms with Crippen molar-refractivity contribution in [1.82, 2.24) is 0 Å². The number of hydrogen-bond acceptors (Lipinski definition) is 2. The van der Waals surface area contributed by atoms with Gasteiger partial charge in [0.05, 0.1) is 12.7 Å². The number of halogens is 3. The van der Waals surface area contributed by atoms with Crippen molar-refractivity contribution in [3.63, 3.8) is 0 Å². The molecule has 0 radical (unpaired) electrons. The second-order valence-electron chi connectivity index (χ2n) is 9.68. The Morgan fingerprint density at radius 3 is 2.22 bits per heavy atom. The molecule has 4 rings (SSSR count). The fraction of sp³-hybridized carbons (Fsp3) is 0.375. The Labute approximate surface area is 218 Å². The molecular formula is C32H35F3O2. The Morgan fingerprint density at radius 1 is 0.838 bits per heavy atom. The van der Waals surface area contributed by atoms with Crippen LogP contribution >= 0.6 is 0 Å². The molecule has 2 nitrogen and oxygen atoms in total. The maximum atomic E-state index is 15.1. The fourth-order valence-corrected chi connectivity index (χ4v) is 4.93. The van der Waals surface area contributed by atoms with Crippen LogP contribution in [0.5, 0.6) is 5.75 Å². The Balaban J connectivity index is 1.43. The van der Waals surface area contributed by atoms with Crippen LogP contribution in [0.25, 0.3) is 22.3 Å². The molecule has 0 heterocycles. The van der Waals surface area contributed by atoms with Crippen LogP contribution in [0.2, 0.25) is 0 Å². The molecule has 0 N–H and O–H groups in total. The lowest BCUT2D eigenvalue weighted by atomic mass is 9.82. The van der Waals surface area contributed by atoms with E-state index >= 15 is 4.39 Å². The van der Waals surface area contributed by atoms with E-state index in [9.17, 15) is 8.78 Å². The van der Waals surface area contributed by atoms with E-state index in [2.05, 4.69) is 13.5 Å². The van der Waals surface area contributed by atoms with Crippen LogP contribution in [0.3, 0.4) is 0 Å². The number of hydrogen-bond donors (Lipinski definition) is 0. The standard InChI is InChI=1S/C32H35F3O2/c1-3-5-19-36-26-14-11-23(12-15-26)27-16-13-25(21-29(27)33)22-7-9-24(10-8-22)28-17-18-30(32(35)31(28)34)37-20-6-4-2/h4,7-10,13,16-18,21,23,26H,2-3,5-6,11-12,14-15,19-20H2,1H3. The van der Waals surface area contributed by atoms with Gasteiger partial charge in [-0.05, 0) is 84.9 Å². The van der Waals surface area contributed by atoms with Gasteiger partial charge in [0.25, 0.3) is 0 Å². The Hall–Kier alpha value is -3.05. The van der Waals surface area contributed by atoms with Crippen molar-refractivity contribution in [3.8, 4) is 28.0 Å². The first-order chi connectivity index (χ1) is 18.0. The summed E-state index contributed by atoms with van der Waals surface area (Å²) in [5.74, 6) is -2.07. The van der Waals surface area contributed by atoms with Gasteiger partial charge in [-0.2, -0.15) is 4.39 Å². The van der Waals surface area contributed by atoms with Gasteiger partial charge in [0.2, 0.25) is 5.82 Å². The molecule has 1 saturated carbocycles. The molecule has 3 aromatic carbocycles. The molecular weight excluding hydrogens is 473 g/mol. The highest BCUT2D eigenvalue weighted by Gasteiger charge is 2.25. The molecule has 0 atom stereocenters. The number of rotatable bonds is 11. The average molecular weight is 509 g/mol. The zero-order chi connectivity index (χ0) is 26.2. The SMILES string of the molecule is C=CCCOc1ccc(-c2ccc(-c3ccc(C4CCC(OCCCC)CC4)c(F)c3)cc2)c(F)c1F. The quantitative estimate of drug-likeness (QED) is 0.190. The third kappa shape index (κ3) is 6.64. The Bertz CT molecular complexity index is 1180. The molecule has 0 saturated heterocycles. The molecule has 1 aliphatic rings. The van der Waals surface area contributed by atoms with Crippen molar-refractivity contribution in [2.24, 2.45) is 0 Å². The van der Waals surface area contributed by atoms with Gasteiger partial charge in [-0.1, -0.05) is 55.8 Å². The molecule has 3 aromatic rings. The largest absolute Gasteiger partial charge is 0.490 e. The van der Waals surface area contributed by atoms with Crippen molar-refractivity contribution >= 4 is 0 Å². The first-order valence-electron chi connectivity index (χ1n) is 13.2. The van der Waals surface area contributed by atoms with E-state index in [-0.39, 0.29) is 29.7 Å². The third-order valence-corrected chi connectivity index (χ3v) is 7.12. The molecule has 37 heavy (non-hydrogen) atoms. The highest BCUT2D eigenvalue weighted by Crippen LogP contribution is 2.37. The highest BCUT2D eigenvalue weighted by molar-refractivity contribution is 5.71. The van der Waals surface area contributed by atoms with E-state index < -0.39 is 11.6 Å². The summed E-state index contributed by atoms with van der Waals surface area (Å²) in [6, 6.07) is 15.4. The first kappa shape index (κ1) is 27.0. The monoisotopic (exact) mass is 508 g/mol. The van der Waals surface area contributed by atoms with Crippen molar-refractivity contribution < 1.29 is 22.6 Å². The summed E-state index contributed by atoms with van der Waals surface area (Å²) in [5.41, 5.74) is 3.01. The molecule has 0 aromatic heterocycles. The average Bonchev–Trinajstić information content (AvgIpc) is 2.92. The van der Waals surface area contributed by atoms with Gasteiger partial charge in [-0.15, -0.1) is 6.58 Å². The zero-order valence-corrected chi connectivity index (χ0v) is 21.4. The van der Waals surface area contributed by atoms with Crippen molar-refractivity contribution in [2.75, 3.05) is 13.2 Å². The topological polar surface area (TPSA) is 18.5 Å². The van der Waals surface area contributed by atoms with Crippen LogP contribution in [0.15, 0.2) is 67.3 Å². The summed E-state index contributed by atoms with van der Waals surface area (Å²) in [7, 11) is 0.